The van der Waals surface area contributed by atoms with Gasteiger partial charge in [-0.1, -0.05) is 44.2 Å². The molecule has 0 saturated heterocycles. The van der Waals surface area contributed by atoms with Crippen LogP contribution in [0.3, 0.4) is 0 Å². The second-order valence-corrected chi connectivity index (χ2v) is 6.23. The van der Waals surface area contributed by atoms with Gasteiger partial charge in [-0.2, -0.15) is 0 Å². The molecule has 0 radical (unpaired) electrons. The van der Waals surface area contributed by atoms with Crippen molar-refractivity contribution in [3.63, 3.8) is 0 Å². The Morgan fingerprint density at radius 1 is 1.00 bits per heavy atom. The minimum Gasteiger partial charge on any atom is -0.456 e. The van der Waals surface area contributed by atoms with Crippen molar-refractivity contribution in [2.24, 2.45) is 5.92 Å². The zero-order valence-corrected chi connectivity index (χ0v) is 13.7. The van der Waals surface area contributed by atoms with E-state index in [1.54, 1.807) is 11.8 Å². The molecule has 0 aromatic heterocycles. The van der Waals surface area contributed by atoms with Gasteiger partial charge in [0.25, 0.3) is 0 Å². The largest absolute Gasteiger partial charge is 0.456 e. The fraction of sp³-hybridized carbons (Fsp3) is 0.333. The molecule has 3 heteroatoms. The molecule has 0 aliphatic heterocycles. The third-order valence-electron chi connectivity index (χ3n) is 3.13. The van der Waals surface area contributed by atoms with Gasteiger partial charge in [0.1, 0.15) is 11.5 Å². The molecule has 2 rings (SSSR count). The molecule has 0 spiro atoms. The Labute approximate surface area is 131 Å². The van der Waals surface area contributed by atoms with Crippen molar-refractivity contribution in [1.29, 1.82) is 0 Å². The fourth-order valence-electron chi connectivity index (χ4n) is 2.07. The summed E-state index contributed by atoms with van der Waals surface area (Å²) in [7, 11) is 0. The van der Waals surface area contributed by atoms with Gasteiger partial charge in [0.05, 0.1) is 0 Å². The van der Waals surface area contributed by atoms with E-state index in [2.05, 4.69) is 43.6 Å². The fourth-order valence-corrected chi connectivity index (χ4v) is 2.59. The summed E-state index contributed by atoms with van der Waals surface area (Å²) in [4.78, 5) is 1.16. The normalized spacial score (nSPS) is 10.9. The van der Waals surface area contributed by atoms with E-state index in [4.69, 9.17) is 4.74 Å². The molecule has 0 unspecified atom stereocenters. The molecule has 0 bridgehead atoms. The van der Waals surface area contributed by atoms with Crippen LogP contribution in [0.2, 0.25) is 0 Å². The van der Waals surface area contributed by atoms with Crippen molar-refractivity contribution >= 4 is 11.8 Å². The molecule has 0 saturated carbocycles. The molecule has 0 aliphatic rings. The van der Waals surface area contributed by atoms with E-state index in [0.717, 1.165) is 29.5 Å². The Bertz CT molecular complexity index is 569. The average Bonchev–Trinajstić information content (AvgIpc) is 2.49. The van der Waals surface area contributed by atoms with Gasteiger partial charge in [0.2, 0.25) is 0 Å². The number of hydrogen-bond acceptors (Lipinski definition) is 3. The summed E-state index contributed by atoms with van der Waals surface area (Å²) in [5, 5.41) is 3.47. The van der Waals surface area contributed by atoms with Crippen LogP contribution < -0.4 is 10.1 Å². The standard InChI is InChI=1S/C18H23NOS/c1-14(2)12-19-13-15-8-4-5-9-16(15)20-17-10-6-7-11-18(17)21-3/h4-11,14,19H,12-13H2,1-3H3. The molecule has 2 aromatic carbocycles. The van der Waals surface area contributed by atoms with Crippen molar-refractivity contribution in [3.05, 3.63) is 54.1 Å². The zero-order chi connectivity index (χ0) is 15.1. The summed E-state index contributed by atoms with van der Waals surface area (Å²) in [5.41, 5.74) is 1.19. The van der Waals surface area contributed by atoms with E-state index < -0.39 is 0 Å². The Balaban J connectivity index is 2.12. The minimum atomic E-state index is 0.648. The van der Waals surface area contributed by atoms with Gasteiger partial charge in [-0.25, -0.2) is 0 Å². The Morgan fingerprint density at radius 2 is 1.67 bits per heavy atom. The Hall–Kier alpha value is -1.45. The van der Waals surface area contributed by atoms with Crippen LogP contribution in [0.5, 0.6) is 11.5 Å². The predicted octanol–water partition coefficient (Wildman–Crippen LogP) is 4.95. The molecule has 0 amide bonds. The molecular weight excluding hydrogens is 278 g/mol. The van der Waals surface area contributed by atoms with E-state index in [1.165, 1.54) is 5.56 Å². The lowest BCUT2D eigenvalue weighted by Crippen LogP contribution is -2.19. The van der Waals surface area contributed by atoms with E-state index in [-0.39, 0.29) is 0 Å². The van der Waals surface area contributed by atoms with E-state index in [0.29, 0.717) is 5.92 Å². The van der Waals surface area contributed by atoms with Crippen molar-refractivity contribution in [2.75, 3.05) is 12.8 Å². The Kier molecular flexibility index (Phi) is 6.15. The van der Waals surface area contributed by atoms with Crippen LogP contribution in [-0.4, -0.2) is 12.8 Å². The van der Waals surface area contributed by atoms with E-state index >= 15 is 0 Å². The van der Waals surface area contributed by atoms with Crippen LogP contribution in [0.4, 0.5) is 0 Å². The van der Waals surface area contributed by atoms with Crippen molar-refractivity contribution in [3.8, 4) is 11.5 Å². The molecular formula is C18H23NOS. The minimum absolute atomic E-state index is 0.648. The van der Waals surface area contributed by atoms with Crippen LogP contribution in [0.15, 0.2) is 53.4 Å². The molecule has 112 valence electrons. The van der Waals surface area contributed by atoms with Gasteiger partial charge in [0.15, 0.2) is 0 Å². The number of para-hydroxylation sites is 2. The summed E-state index contributed by atoms with van der Waals surface area (Å²) in [6.45, 7) is 6.26. The lowest BCUT2D eigenvalue weighted by atomic mass is 10.2. The monoisotopic (exact) mass is 301 g/mol. The van der Waals surface area contributed by atoms with Crippen LogP contribution in [-0.2, 0) is 6.54 Å². The molecule has 2 nitrogen and oxygen atoms in total. The highest BCUT2D eigenvalue weighted by Gasteiger charge is 2.07. The highest BCUT2D eigenvalue weighted by molar-refractivity contribution is 7.98. The lowest BCUT2D eigenvalue weighted by Gasteiger charge is -2.14. The Morgan fingerprint density at radius 3 is 2.38 bits per heavy atom. The van der Waals surface area contributed by atoms with Crippen molar-refractivity contribution in [1.82, 2.24) is 5.32 Å². The first kappa shape index (κ1) is 15.9. The average molecular weight is 301 g/mol. The third-order valence-corrected chi connectivity index (χ3v) is 3.91. The third kappa shape index (κ3) is 4.80. The molecule has 0 heterocycles. The van der Waals surface area contributed by atoms with Gasteiger partial charge >= 0.3 is 0 Å². The maximum Gasteiger partial charge on any atom is 0.140 e. The SMILES string of the molecule is CSc1ccccc1Oc1ccccc1CNCC(C)C. The molecule has 0 atom stereocenters. The van der Waals surface area contributed by atoms with Crippen LogP contribution >= 0.6 is 11.8 Å². The second-order valence-electron chi connectivity index (χ2n) is 5.39. The molecule has 1 N–H and O–H groups in total. The summed E-state index contributed by atoms with van der Waals surface area (Å²) in [5.74, 6) is 2.49. The van der Waals surface area contributed by atoms with Gasteiger partial charge in [0, 0.05) is 17.0 Å². The first-order chi connectivity index (χ1) is 10.2. The first-order valence-corrected chi connectivity index (χ1v) is 8.52. The smallest absolute Gasteiger partial charge is 0.140 e. The van der Waals surface area contributed by atoms with Crippen molar-refractivity contribution < 1.29 is 4.74 Å². The molecule has 0 fully saturated rings. The number of hydrogen-bond donors (Lipinski definition) is 1. The summed E-state index contributed by atoms with van der Waals surface area (Å²) in [6, 6.07) is 16.4. The molecule has 0 aliphatic carbocycles. The maximum atomic E-state index is 6.13. The lowest BCUT2D eigenvalue weighted by molar-refractivity contribution is 0.459. The first-order valence-electron chi connectivity index (χ1n) is 7.30. The van der Waals surface area contributed by atoms with Crippen molar-refractivity contribution in [2.45, 2.75) is 25.3 Å². The van der Waals surface area contributed by atoms with Crippen LogP contribution in [0, 0.1) is 5.92 Å². The second kappa shape index (κ2) is 8.11. The quantitative estimate of drug-likeness (QED) is 0.731. The number of nitrogens with one attached hydrogen (secondary N) is 1. The number of rotatable bonds is 7. The highest BCUT2D eigenvalue weighted by Crippen LogP contribution is 2.32. The number of thioether (sulfide) groups is 1. The number of ether oxygens (including phenoxy) is 1. The van der Waals surface area contributed by atoms with Gasteiger partial charge in [-0.3, -0.25) is 0 Å². The van der Waals surface area contributed by atoms with Gasteiger partial charge < -0.3 is 10.1 Å². The zero-order valence-electron chi connectivity index (χ0n) is 12.9. The number of benzene rings is 2. The summed E-state index contributed by atoms with van der Waals surface area (Å²) < 4.78 is 6.13. The predicted molar refractivity (Wildman–Crippen MR) is 91.3 cm³/mol. The topological polar surface area (TPSA) is 21.3 Å². The van der Waals surface area contributed by atoms with E-state index in [1.807, 2.05) is 30.3 Å². The molecule has 21 heavy (non-hydrogen) atoms. The summed E-state index contributed by atoms with van der Waals surface area (Å²) in [6.07, 6.45) is 2.07. The van der Waals surface area contributed by atoms with Gasteiger partial charge in [-0.15, -0.1) is 11.8 Å². The highest BCUT2D eigenvalue weighted by atomic mass is 32.2. The summed E-state index contributed by atoms with van der Waals surface area (Å²) >= 11 is 1.70. The maximum absolute atomic E-state index is 6.13. The van der Waals surface area contributed by atoms with Crippen LogP contribution in [0.25, 0.3) is 0 Å². The molecule has 2 aromatic rings. The van der Waals surface area contributed by atoms with E-state index in [9.17, 15) is 0 Å². The van der Waals surface area contributed by atoms with Crippen LogP contribution in [0.1, 0.15) is 19.4 Å². The van der Waals surface area contributed by atoms with Gasteiger partial charge in [-0.05, 0) is 36.9 Å².